The first-order chi connectivity index (χ1) is 9.19. The van der Waals surface area contributed by atoms with E-state index >= 15 is 0 Å². The van der Waals surface area contributed by atoms with E-state index in [0.29, 0.717) is 35.7 Å². The summed E-state index contributed by atoms with van der Waals surface area (Å²) in [6, 6.07) is 5.36. The Morgan fingerprint density at radius 2 is 2.21 bits per heavy atom. The van der Waals surface area contributed by atoms with E-state index in [2.05, 4.69) is 6.92 Å². The van der Waals surface area contributed by atoms with E-state index in [1.807, 2.05) is 6.07 Å². The molecule has 0 bridgehead atoms. The number of benzene rings is 1. The third-order valence-corrected chi connectivity index (χ3v) is 3.19. The van der Waals surface area contributed by atoms with Gasteiger partial charge in [0.05, 0.1) is 18.2 Å². The normalized spacial score (nSPS) is 22.5. The summed E-state index contributed by atoms with van der Waals surface area (Å²) in [5.74, 6) is 1.84. The second kappa shape index (κ2) is 6.98. The Hall–Kier alpha value is -0.970. The van der Waals surface area contributed by atoms with Crippen molar-refractivity contribution in [3.8, 4) is 11.5 Å². The van der Waals surface area contributed by atoms with Crippen LogP contribution in [0, 0.1) is 5.92 Å². The molecule has 0 N–H and O–H groups in total. The van der Waals surface area contributed by atoms with Crippen molar-refractivity contribution >= 4 is 11.6 Å². The van der Waals surface area contributed by atoms with Crippen LogP contribution < -0.4 is 9.47 Å². The topological polar surface area (TPSA) is 36.9 Å². The van der Waals surface area contributed by atoms with Gasteiger partial charge >= 0.3 is 0 Å². The molecule has 0 aliphatic carbocycles. The number of hydrogen-bond acceptors (Lipinski definition) is 4. The van der Waals surface area contributed by atoms with Crippen molar-refractivity contribution in [3.05, 3.63) is 23.2 Å². The lowest BCUT2D eigenvalue weighted by molar-refractivity contribution is -0.0394. The molecule has 1 aliphatic rings. The van der Waals surface area contributed by atoms with Gasteiger partial charge in [-0.1, -0.05) is 18.5 Å². The van der Waals surface area contributed by atoms with Crippen molar-refractivity contribution in [1.82, 2.24) is 0 Å². The van der Waals surface area contributed by atoms with Gasteiger partial charge in [-0.15, -0.1) is 0 Å². The molecule has 0 spiro atoms. The van der Waals surface area contributed by atoms with E-state index in [9.17, 15) is 0 Å². The van der Waals surface area contributed by atoms with E-state index < -0.39 is 0 Å². The van der Waals surface area contributed by atoms with Crippen molar-refractivity contribution in [2.45, 2.75) is 19.6 Å². The first-order valence-corrected chi connectivity index (χ1v) is 6.76. The summed E-state index contributed by atoms with van der Waals surface area (Å²) in [4.78, 5) is 0. The molecule has 0 aromatic heterocycles. The van der Waals surface area contributed by atoms with E-state index in [1.54, 1.807) is 19.2 Å². The molecule has 1 aliphatic heterocycles. The fourth-order valence-electron chi connectivity index (χ4n) is 1.87. The lowest BCUT2D eigenvalue weighted by Gasteiger charge is -2.14. The largest absolute Gasteiger partial charge is 0.489 e. The van der Waals surface area contributed by atoms with Gasteiger partial charge in [-0.25, -0.2) is 0 Å². The highest BCUT2D eigenvalue weighted by Crippen LogP contribution is 2.31. The molecule has 0 radical (unpaired) electrons. The smallest absolute Gasteiger partial charge is 0.200 e. The van der Waals surface area contributed by atoms with Crippen LogP contribution in [0.3, 0.4) is 0 Å². The molecule has 0 saturated carbocycles. The van der Waals surface area contributed by atoms with Gasteiger partial charge in [0, 0.05) is 19.6 Å². The van der Waals surface area contributed by atoms with Gasteiger partial charge in [-0.3, -0.25) is 0 Å². The Morgan fingerprint density at radius 3 is 2.89 bits per heavy atom. The number of ether oxygens (including phenoxy) is 4. The molecular formula is C14H19ClO4. The van der Waals surface area contributed by atoms with E-state index in [4.69, 9.17) is 30.5 Å². The number of halogens is 1. The highest BCUT2D eigenvalue weighted by molar-refractivity contribution is 6.32. The monoisotopic (exact) mass is 286 g/mol. The van der Waals surface area contributed by atoms with Gasteiger partial charge in [-0.05, 0) is 18.1 Å². The zero-order valence-electron chi connectivity index (χ0n) is 11.2. The summed E-state index contributed by atoms with van der Waals surface area (Å²) in [7, 11) is 1.63. The molecule has 1 aromatic carbocycles. The van der Waals surface area contributed by atoms with Crippen molar-refractivity contribution in [3.63, 3.8) is 0 Å². The third-order valence-electron chi connectivity index (χ3n) is 2.88. The van der Waals surface area contributed by atoms with Crippen LogP contribution in [0.2, 0.25) is 5.02 Å². The van der Waals surface area contributed by atoms with Crippen LogP contribution in [0.25, 0.3) is 0 Å². The minimum atomic E-state index is -0.178. The van der Waals surface area contributed by atoms with Gasteiger partial charge in [0.2, 0.25) is 0 Å². The standard InChI is InChI=1S/C14H19ClO4/c1-10-7-14(18-9-10)19-11-3-4-12(15)13(8-11)17-6-5-16-2/h3-4,8,10,14H,5-7,9H2,1-2H3/t10-,14?/m1/s1. The molecule has 1 heterocycles. The quantitative estimate of drug-likeness (QED) is 0.753. The minimum absolute atomic E-state index is 0.178. The summed E-state index contributed by atoms with van der Waals surface area (Å²) >= 11 is 6.06. The van der Waals surface area contributed by atoms with Crippen LogP contribution in [-0.2, 0) is 9.47 Å². The summed E-state index contributed by atoms with van der Waals surface area (Å²) in [5.41, 5.74) is 0. The molecule has 4 nitrogen and oxygen atoms in total. The van der Waals surface area contributed by atoms with Crippen molar-refractivity contribution in [1.29, 1.82) is 0 Å². The van der Waals surface area contributed by atoms with Crippen LogP contribution in [0.5, 0.6) is 11.5 Å². The first kappa shape index (κ1) is 14.4. The minimum Gasteiger partial charge on any atom is -0.489 e. The molecule has 1 saturated heterocycles. The number of methoxy groups -OCH3 is 1. The molecule has 5 heteroatoms. The lowest BCUT2D eigenvalue weighted by atomic mass is 10.1. The molecule has 19 heavy (non-hydrogen) atoms. The van der Waals surface area contributed by atoms with Gasteiger partial charge in [0.1, 0.15) is 18.1 Å². The average molecular weight is 287 g/mol. The van der Waals surface area contributed by atoms with Gasteiger partial charge < -0.3 is 18.9 Å². The van der Waals surface area contributed by atoms with E-state index in [1.165, 1.54) is 0 Å². The predicted molar refractivity (Wildman–Crippen MR) is 73.0 cm³/mol. The summed E-state index contributed by atoms with van der Waals surface area (Å²) < 4.78 is 21.7. The highest BCUT2D eigenvalue weighted by Gasteiger charge is 2.23. The fraction of sp³-hybridized carbons (Fsp3) is 0.571. The van der Waals surface area contributed by atoms with Crippen LogP contribution in [0.15, 0.2) is 18.2 Å². The summed E-state index contributed by atoms with van der Waals surface area (Å²) in [5, 5.41) is 0.559. The third kappa shape index (κ3) is 4.27. The summed E-state index contributed by atoms with van der Waals surface area (Å²) in [6.45, 7) is 3.86. The van der Waals surface area contributed by atoms with Gasteiger partial charge in [0.25, 0.3) is 0 Å². The summed E-state index contributed by atoms with van der Waals surface area (Å²) in [6.07, 6.45) is 0.727. The molecule has 1 fully saturated rings. The highest BCUT2D eigenvalue weighted by atomic mass is 35.5. The molecule has 2 rings (SSSR count). The van der Waals surface area contributed by atoms with Gasteiger partial charge in [0.15, 0.2) is 6.29 Å². The zero-order chi connectivity index (χ0) is 13.7. The van der Waals surface area contributed by atoms with Crippen LogP contribution in [0.4, 0.5) is 0 Å². The molecule has 2 atom stereocenters. The van der Waals surface area contributed by atoms with E-state index in [0.717, 1.165) is 13.0 Å². The maximum Gasteiger partial charge on any atom is 0.200 e. The molecule has 1 unspecified atom stereocenters. The average Bonchev–Trinajstić information content (AvgIpc) is 2.79. The Kier molecular flexibility index (Phi) is 5.31. The first-order valence-electron chi connectivity index (χ1n) is 6.38. The SMILES string of the molecule is COCCOc1cc(OC2C[C@@H](C)CO2)ccc1Cl. The maximum absolute atomic E-state index is 6.06. The van der Waals surface area contributed by atoms with Crippen molar-refractivity contribution in [2.24, 2.45) is 5.92 Å². The Bertz CT molecular complexity index is 410. The Labute approximate surface area is 118 Å². The second-order valence-corrected chi connectivity index (χ2v) is 5.06. The lowest BCUT2D eigenvalue weighted by Crippen LogP contribution is -2.14. The zero-order valence-corrected chi connectivity index (χ0v) is 12.0. The van der Waals surface area contributed by atoms with Crippen LogP contribution in [-0.4, -0.2) is 33.2 Å². The predicted octanol–water partition coefficient (Wildman–Crippen LogP) is 3.13. The maximum atomic E-state index is 6.06. The number of hydrogen-bond donors (Lipinski definition) is 0. The van der Waals surface area contributed by atoms with Gasteiger partial charge in [-0.2, -0.15) is 0 Å². The van der Waals surface area contributed by atoms with Crippen molar-refractivity contribution in [2.75, 3.05) is 26.9 Å². The fourth-order valence-corrected chi connectivity index (χ4v) is 2.04. The van der Waals surface area contributed by atoms with Crippen LogP contribution >= 0.6 is 11.6 Å². The molecule has 106 valence electrons. The van der Waals surface area contributed by atoms with Crippen LogP contribution in [0.1, 0.15) is 13.3 Å². The second-order valence-electron chi connectivity index (χ2n) is 4.66. The number of rotatable bonds is 6. The van der Waals surface area contributed by atoms with E-state index in [-0.39, 0.29) is 6.29 Å². The molecular weight excluding hydrogens is 268 g/mol. The molecule has 1 aromatic rings. The van der Waals surface area contributed by atoms with Crippen molar-refractivity contribution < 1.29 is 18.9 Å². The Balaban J connectivity index is 1.95. The molecule has 0 amide bonds. The Morgan fingerprint density at radius 1 is 1.37 bits per heavy atom.